The molecule has 0 saturated heterocycles. The van der Waals surface area contributed by atoms with Crippen LogP contribution in [0.1, 0.15) is 49.3 Å². The highest BCUT2D eigenvalue weighted by molar-refractivity contribution is 5.76. The number of aromatic nitrogens is 2. The number of benzene rings is 1. The first-order chi connectivity index (χ1) is 12.2. The van der Waals surface area contributed by atoms with Crippen LogP contribution in [0.4, 0.5) is 5.69 Å². The van der Waals surface area contributed by atoms with Crippen LogP contribution in [-0.2, 0) is 17.8 Å². The molecule has 0 bridgehead atoms. The second-order valence-corrected chi connectivity index (χ2v) is 6.82. The molecular formula is C19H26N4O3. The molecular weight excluding hydrogens is 332 g/mol. The number of hydrogen-bond donors (Lipinski definition) is 1. The van der Waals surface area contributed by atoms with Crippen molar-refractivity contribution in [2.45, 2.75) is 53.6 Å². The highest BCUT2D eigenvalue weighted by atomic mass is 16.6. The van der Waals surface area contributed by atoms with Crippen LogP contribution in [0.3, 0.4) is 0 Å². The number of carbonyl (C=O) groups is 1. The molecule has 7 heteroatoms. The highest BCUT2D eigenvalue weighted by Gasteiger charge is 2.24. The summed E-state index contributed by atoms with van der Waals surface area (Å²) >= 11 is 0. The lowest BCUT2D eigenvalue weighted by atomic mass is 9.95. The zero-order valence-electron chi connectivity index (χ0n) is 15.9. The van der Waals surface area contributed by atoms with Crippen molar-refractivity contribution in [1.82, 2.24) is 15.1 Å². The van der Waals surface area contributed by atoms with Crippen LogP contribution >= 0.6 is 0 Å². The van der Waals surface area contributed by atoms with Crippen LogP contribution in [0.15, 0.2) is 24.3 Å². The van der Waals surface area contributed by atoms with Gasteiger partial charge in [0.15, 0.2) is 0 Å². The van der Waals surface area contributed by atoms with E-state index in [1.54, 1.807) is 13.8 Å². The van der Waals surface area contributed by atoms with Gasteiger partial charge in [-0.3, -0.25) is 19.6 Å². The molecule has 0 aliphatic heterocycles. The molecule has 1 aromatic heterocycles. The van der Waals surface area contributed by atoms with E-state index in [-0.39, 0.29) is 30.1 Å². The molecule has 1 unspecified atom stereocenters. The molecule has 1 atom stereocenters. The second-order valence-electron chi connectivity index (χ2n) is 6.82. The topological polar surface area (TPSA) is 90.1 Å². The first-order valence-electron chi connectivity index (χ1n) is 8.81. The van der Waals surface area contributed by atoms with E-state index >= 15 is 0 Å². The van der Waals surface area contributed by atoms with Gasteiger partial charge in [0.2, 0.25) is 5.91 Å². The van der Waals surface area contributed by atoms with E-state index in [2.05, 4.69) is 29.5 Å². The van der Waals surface area contributed by atoms with Gasteiger partial charge in [0.25, 0.3) is 0 Å². The smallest absolute Gasteiger partial charge is 0.312 e. The lowest BCUT2D eigenvalue weighted by molar-refractivity contribution is -0.386. The minimum Gasteiger partial charge on any atom is -0.347 e. The lowest BCUT2D eigenvalue weighted by Crippen LogP contribution is -2.34. The van der Waals surface area contributed by atoms with E-state index in [1.807, 2.05) is 26.0 Å². The zero-order valence-corrected chi connectivity index (χ0v) is 15.9. The molecule has 2 rings (SSSR count). The number of nitro groups is 1. The normalized spacial score (nSPS) is 12.2. The van der Waals surface area contributed by atoms with Gasteiger partial charge < -0.3 is 5.32 Å². The lowest BCUT2D eigenvalue weighted by Gasteiger charge is -2.23. The fourth-order valence-corrected chi connectivity index (χ4v) is 3.06. The van der Waals surface area contributed by atoms with E-state index in [4.69, 9.17) is 0 Å². The molecule has 0 spiro atoms. The predicted molar refractivity (Wildman–Crippen MR) is 99.9 cm³/mol. The first kappa shape index (κ1) is 19.6. The van der Waals surface area contributed by atoms with Gasteiger partial charge in [0.1, 0.15) is 17.9 Å². The van der Waals surface area contributed by atoms with Crippen molar-refractivity contribution in [1.29, 1.82) is 0 Å². The maximum absolute atomic E-state index is 12.5. The van der Waals surface area contributed by atoms with Gasteiger partial charge in [0.05, 0.1) is 11.0 Å². The van der Waals surface area contributed by atoms with Crippen LogP contribution in [0, 0.1) is 29.9 Å². The van der Waals surface area contributed by atoms with Gasteiger partial charge >= 0.3 is 5.69 Å². The summed E-state index contributed by atoms with van der Waals surface area (Å²) in [4.78, 5) is 23.2. The van der Waals surface area contributed by atoms with E-state index in [1.165, 1.54) is 10.2 Å². The van der Waals surface area contributed by atoms with Crippen LogP contribution in [0.5, 0.6) is 0 Å². The summed E-state index contributed by atoms with van der Waals surface area (Å²) in [5.41, 5.74) is 2.96. The van der Waals surface area contributed by atoms with E-state index in [9.17, 15) is 14.9 Å². The monoisotopic (exact) mass is 358 g/mol. The maximum atomic E-state index is 12.5. The summed E-state index contributed by atoms with van der Waals surface area (Å²) in [7, 11) is 0. The van der Waals surface area contributed by atoms with E-state index in [0.717, 1.165) is 12.0 Å². The Morgan fingerprint density at radius 2 is 1.88 bits per heavy atom. The zero-order chi connectivity index (χ0) is 19.4. The molecule has 1 N–H and O–H groups in total. The van der Waals surface area contributed by atoms with Crippen LogP contribution in [0.2, 0.25) is 0 Å². The summed E-state index contributed by atoms with van der Waals surface area (Å²) in [6.07, 6.45) is 0.968. The Labute approximate surface area is 153 Å². The third-order valence-electron chi connectivity index (χ3n) is 4.55. The largest absolute Gasteiger partial charge is 0.347 e. The predicted octanol–water partition coefficient (Wildman–Crippen LogP) is 3.48. The van der Waals surface area contributed by atoms with Gasteiger partial charge in [-0.05, 0) is 37.3 Å². The number of carbonyl (C=O) groups excluding carboxylic acids is 1. The number of hydrogen-bond acceptors (Lipinski definition) is 4. The fourth-order valence-electron chi connectivity index (χ4n) is 3.06. The van der Waals surface area contributed by atoms with Crippen molar-refractivity contribution >= 4 is 11.6 Å². The van der Waals surface area contributed by atoms with Gasteiger partial charge in [-0.2, -0.15) is 5.10 Å². The van der Waals surface area contributed by atoms with E-state index in [0.29, 0.717) is 11.4 Å². The van der Waals surface area contributed by atoms with Gasteiger partial charge in [-0.25, -0.2) is 0 Å². The van der Waals surface area contributed by atoms with Gasteiger partial charge in [0, 0.05) is 0 Å². The van der Waals surface area contributed by atoms with Gasteiger partial charge in [-0.15, -0.1) is 0 Å². The Balaban J connectivity index is 2.15. The summed E-state index contributed by atoms with van der Waals surface area (Å²) in [6.45, 7) is 9.33. The van der Waals surface area contributed by atoms with Crippen molar-refractivity contribution < 1.29 is 9.72 Å². The summed E-state index contributed by atoms with van der Waals surface area (Å²) in [5.74, 6) is -0.00927. The third-order valence-corrected chi connectivity index (χ3v) is 4.55. The molecule has 0 aliphatic rings. The summed E-state index contributed by atoms with van der Waals surface area (Å²) in [5, 5.41) is 18.3. The molecule has 2 aromatic rings. The number of nitrogens with one attached hydrogen (secondary N) is 1. The molecule has 1 aromatic carbocycles. The van der Waals surface area contributed by atoms with Crippen molar-refractivity contribution in [3.8, 4) is 0 Å². The summed E-state index contributed by atoms with van der Waals surface area (Å²) < 4.78 is 1.39. The third kappa shape index (κ3) is 4.28. The van der Waals surface area contributed by atoms with Crippen LogP contribution in [-0.4, -0.2) is 20.6 Å². The Morgan fingerprint density at radius 1 is 1.27 bits per heavy atom. The van der Waals surface area contributed by atoms with Crippen molar-refractivity contribution in [3.05, 3.63) is 56.9 Å². The molecule has 0 radical (unpaired) electrons. The Kier molecular flexibility index (Phi) is 6.13. The number of aryl methyl sites for hydroxylation is 2. The molecule has 26 heavy (non-hydrogen) atoms. The molecule has 7 nitrogen and oxygen atoms in total. The average molecular weight is 358 g/mol. The summed E-state index contributed by atoms with van der Waals surface area (Å²) in [6, 6.07) is 8.10. The Bertz CT molecular complexity index is 794. The molecule has 0 fully saturated rings. The second kappa shape index (κ2) is 8.12. The first-order valence-corrected chi connectivity index (χ1v) is 8.81. The molecule has 1 amide bonds. The average Bonchev–Trinajstić information content (AvgIpc) is 2.86. The van der Waals surface area contributed by atoms with Crippen molar-refractivity contribution in [3.63, 3.8) is 0 Å². The molecule has 0 saturated carbocycles. The molecule has 1 heterocycles. The fraction of sp³-hybridized carbons (Fsp3) is 0.474. The number of amides is 1. The van der Waals surface area contributed by atoms with E-state index < -0.39 is 4.92 Å². The van der Waals surface area contributed by atoms with Crippen molar-refractivity contribution in [2.24, 2.45) is 5.92 Å². The van der Waals surface area contributed by atoms with Crippen LogP contribution in [0.25, 0.3) is 0 Å². The quantitative estimate of drug-likeness (QED) is 0.606. The highest BCUT2D eigenvalue weighted by Crippen LogP contribution is 2.24. The maximum Gasteiger partial charge on any atom is 0.312 e. The minimum atomic E-state index is -0.460. The number of rotatable bonds is 7. The Hall–Kier alpha value is -2.70. The Morgan fingerprint density at radius 3 is 2.35 bits per heavy atom. The molecule has 0 aliphatic carbocycles. The van der Waals surface area contributed by atoms with Gasteiger partial charge in [-0.1, -0.05) is 45.0 Å². The van der Waals surface area contributed by atoms with Crippen molar-refractivity contribution in [2.75, 3.05) is 0 Å². The SMILES string of the molecule is CCc1ccc(C(NC(=O)Cn2nc(C)c([N+](=O)[O-])c2C)C(C)C)cc1. The minimum absolute atomic E-state index is 0.0339. The number of nitrogens with zero attached hydrogens (tertiary/aromatic N) is 3. The molecule has 140 valence electrons. The van der Waals surface area contributed by atoms with Crippen LogP contribution < -0.4 is 5.32 Å². The standard InChI is InChI=1S/C19H26N4O3/c1-6-15-7-9-16(10-8-15)18(12(2)3)20-17(24)11-22-14(5)19(23(25)26)13(4)21-22/h7-10,12,18H,6,11H2,1-5H3,(H,20,24).